The summed E-state index contributed by atoms with van der Waals surface area (Å²) >= 11 is 0. The highest BCUT2D eigenvalue weighted by molar-refractivity contribution is 6.26. The van der Waals surface area contributed by atoms with Crippen LogP contribution in [-0.2, 0) is 0 Å². The molecule has 0 amide bonds. The Morgan fingerprint density at radius 3 is 1.38 bits per heavy atom. The first-order valence-corrected chi connectivity index (χ1v) is 23.8. The van der Waals surface area contributed by atoms with Crippen LogP contribution in [-0.4, -0.2) is 8.80 Å². The molecule has 0 N–H and O–H groups in total. The Balaban J connectivity index is 0.852. The van der Waals surface area contributed by atoms with Gasteiger partial charge in [0.1, 0.15) is 5.65 Å². The van der Waals surface area contributed by atoms with E-state index in [1.807, 2.05) is 0 Å². The minimum absolute atomic E-state index is 1.10. The van der Waals surface area contributed by atoms with Crippen molar-refractivity contribution < 1.29 is 0 Å². The van der Waals surface area contributed by atoms with E-state index >= 15 is 0 Å². The van der Waals surface area contributed by atoms with Crippen molar-refractivity contribution >= 4 is 104 Å². The minimum Gasteiger partial charge on any atom is -0.310 e. The van der Waals surface area contributed by atoms with Gasteiger partial charge in [0.15, 0.2) is 0 Å². The lowest BCUT2D eigenvalue weighted by Crippen LogP contribution is -2.09. The van der Waals surface area contributed by atoms with Crippen LogP contribution in [0, 0.1) is 0 Å². The van der Waals surface area contributed by atoms with Crippen molar-refractivity contribution in [1.29, 1.82) is 0 Å². The zero-order chi connectivity index (χ0) is 45.2. The number of hydrogen-bond donors (Lipinski definition) is 0. The van der Waals surface area contributed by atoms with E-state index in [4.69, 9.17) is 0 Å². The fourth-order valence-electron chi connectivity index (χ4n) is 11.7. The first-order chi connectivity index (χ1) is 34.2. The molecule has 3 heterocycles. The molecule has 0 aliphatic heterocycles. The molecule has 3 aromatic heterocycles. The highest BCUT2D eigenvalue weighted by Crippen LogP contribution is 2.45. The molecule has 0 saturated heterocycles. The Labute approximate surface area is 397 Å². The van der Waals surface area contributed by atoms with Crippen molar-refractivity contribution in [1.82, 2.24) is 8.80 Å². The summed E-state index contributed by atoms with van der Waals surface area (Å²) in [6.07, 6.45) is 0. The molecule has 320 valence electrons. The standard InChI is InChI=1S/C66H41N3/c1-3-16-52-42(12-1)14-9-19-54(52)44-28-33-49(34-29-44)67(50-35-30-45(31-36-50)55-20-10-15-43-13-2-4-17-53(43)55)51-37-39-57-48(41-51)27-26-46-40-47(32-38-56(46)57)58-21-11-22-60-64-59-18-5-6-23-61(59)68-62-24-7-8-25-63(62)69(65(58)60)66(64)68/h1-41H. The van der Waals surface area contributed by atoms with Gasteiger partial charge < -0.3 is 4.90 Å². The van der Waals surface area contributed by atoms with E-state index in [1.54, 1.807) is 0 Å². The number of hydrogen-bond acceptors (Lipinski definition) is 1. The summed E-state index contributed by atoms with van der Waals surface area (Å²) in [4.78, 5) is 2.39. The zero-order valence-electron chi connectivity index (χ0n) is 37.5. The van der Waals surface area contributed by atoms with Crippen molar-refractivity contribution in [2.24, 2.45) is 0 Å². The van der Waals surface area contributed by atoms with Gasteiger partial charge >= 0.3 is 0 Å². The highest BCUT2D eigenvalue weighted by atomic mass is 15.1. The summed E-state index contributed by atoms with van der Waals surface area (Å²) in [5.74, 6) is 0. The molecule has 3 heteroatoms. The van der Waals surface area contributed by atoms with E-state index in [2.05, 4.69) is 262 Å². The maximum absolute atomic E-state index is 2.50. The Morgan fingerprint density at radius 2 is 0.725 bits per heavy atom. The van der Waals surface area contributed by atoms with E-state index < -0.39 is 0 Å². The van der Waals surface area contributed by atoms with Gasteiger partial charge in [-0.15, -0.1) is 0 Å². The fourth-order valence-corrected chi connectivity index (χ4v) is 11.7. The molecule has 0 spiro atoms. The van der Waals surface area contributed by atoms with Gasteiger partial charge in [-0.05, 0) is 132 Å². The second-order valence-corrected chi connectivity index (χ2v) is 18.5. The highest BCUT2D eigenvalue weighted by Gasteiger charge is 2.24. The van der Waals surface area contributed by atoms with Crippen molar-refractivity contribution in [3.8, 4) is 33.4 Å². The smallest absolute Gasteiger partial charge is 0.131 e. The first kappa shape index (κ1) is 38.0. The molecule has 15 aromatic rings. The van der Waals surface area contributed by atoms with Crippen LogP contribution in [0.5, 0.6) is 0 Å². The van der Waals surface area contributed by atoms with Gasteiger partial charge in [-0.25, -0.2) is 0 Å². The molecule has 0 unspecified atom stereocenters. The lowest BCUT2D eigenvalue weighted by Gasteiger charge is -2.26. The van der Waals surface area contributed by atoms with Crippen molar-refractivity contribution in [3.63, 3.8) is 0 Å². The van der Waals surface area contributed by atoms with E-state index in [9.17, 15) is 0 Å². The van der Waals surface area contributed by atoms with Crippen LogP contribution in [0.2, 0.25) is 0 Å². The number of nitrogens with zero attached hydrogens (tertiary/aromatic N) is 3. The monoisotopic (exact) mass is 875 g/mol. The summed E-state index contributed by atoms with van der Waals surface area (Å²) < 4.78 is 4.95. The van der Waals surface area contributed by atoms with Crippen molar-refractivity contribution in [2.75, 3.05) is 4.90 Å². The summed E-state index contributed by atoms with van der Waals surface area (Å²) in [5, 5.41) is 13.8. The van der Waals surface area contributed by atoms with Gasteiger partial charge in [0.05, 0.1) is 22.1 Å². The summed E-state index contributed by atoms with van der Waals surface area (Å²) in [5.41, 5.74) is 16.8. The number of imidazole rings is 1. The molecule has 3 nitrogen and oxygen atoms in total. The Kier molecular flexibility index (Phi) is 8.07. The first-order valence-electron chi connectivity index (χ1n) is 23.8. The Hall–Kier alpha value is -9.18. The van der Waals surface area contributed by atoms with Crippen LogP contribution in [0.4, 0.5) is 17.1 Å². The quantitative estimate of drug-likeness (QED) is 0.152. The lowest BCUT2D eigenvalue weighted by atomic mass is 9.95. The third-order valence-corrected chi connectivity index (χ3v) is 14.8. The number of para-hydroxylation sites is 4. The normalized spacial score (nSPS) is 12.1. The lowest BCUT2D eigenvalue weighted by molar-refractivity contribution is 1.28. The molecule has 0 atom stereocenters. The van der Waals surface area contributed by atoms with Gasteiger partial charge in [0.2, 0.25) is 0 Å². The second kappa shape index (κ2) is 14.7. The average molecular weight is 876 g/mol. The number of benzene rings is 12. The number of fused-ring (bicyclic) bond motifs is 14. The Bertz CT molecular complexity index is 4400. The zero-order valence-corrected chi connectivity index (χ0v) is 37.5. The molecular formula is C66H41N3. The maximum atomic E-state index is 2.50. The summed E-state index contributed by atoms with van der Waals surface area (Å²) in [7, 11) is 0. The van der Waals surface area contributed by atoms with Gasteiger partial charge in [-0.1, -0.05) is 188 Å². The fraction of sp³-hybridized carbons (Fsp3) is 0. The number of aromatic nitrogens is 2. The molecule has 0 aliphatic rings. The number of rotatable bonds is 6. The number of anilines is 3. The van der Waals surface area contributed by atoms with Gasteiger partial charge in [-0.3, -0.25) is 8.80 Å². The van der Waals surface area contributed by atoms with Crippen LogP contribution in [0.25, 0.3) is 120 Å². The van der Waals surface area contributed by atoms with Crippen LogP contribution < -0.4 is 4.90 Å². The van der Waals surface area contributed by atoms with Gasteiger partial charge in [0.25, 0.3) is 0 Å². The third kappa shape index (κ3) is 5.62. The molecule has 0 radical (unpaired) electrons. The molecule has 0 bridgehead atoms. The molecule has 0 saturated carbocycles. The maximum Gasteiger partial charge on any atom is 0.131 e. The predicted octanol–water partition coefficient (Wildman–Crippen LogP) is 18.2. The van der Waals surface area contributed by atoms with E-state index in [0.717, 1.165) is 17.1 Å². The molecule has 0 fully saturated rings. The van der Waals surface area contributed by atoms with Crippen molar-refractivity contribution in [3.05, 3.63) is 249 Å². The van der Waals surface area contributed by atoms with Crippen LogP contribution in [0.1, 0.15) is 0 Å². The predicted molar refractivity (Wildman–Crippen MR) is 293 cm³/mol. The summed E-state index contributed by atoms with van der Waals surface area (Å²) in [6, 6.07) is 91.7. The largest absolute Gasteiger partial charge is 0.310 e. The summed E-state index contributed by atoms with van der Waals surface area (Å²) in [6.45, 7) is 0. The third-order valence-electron chi connectivity index (χ3n) is 14.8. The van der Waals surface area contributed by atoms with Crippen LogP contribution >= 0.6 is 0 Å². The van der Waals surface area contributed by atoms with E-state index in [1.165, 1.54) is 120 Å². The Morgan fingerprint density at radius 1 is 0.261 bits per heavy atom. The van der Waals surface area contributed by atoms with Crippen molar-refractivity contribution in [2.45, 2.75) is 0 Å². The molecule has 15 rings (SSSR count). The van der Waals surface area contributed by atoms with E-state index in [0.29, 0.717) is 0 Å². The second-order valence-electron chi connectivity index (χ2n) is 18.5. The molecule has 69 heavy (non-hydrogen) atoms. The van der Waals surface area contributed by atoms with Gasteiger partial charge in [0, 0.05) is 38.8 Å². The van der Waals surface area contributed by atoms with E-state index in [-0.39, 0.29) is 0 Å². The molecule has 0 aliphatic carbocycles. The van der Waals surface area contributed by atoms with Gasteiger partial charge in [-0.2, -0.15) is 0 Å². The minimum atomic E-state index is 1.10. The average Bonchev–Trinajstić information content (AvgIpc) is 4.06. The topological polar surface area (TPSA) is 12.1 Å². The molecular weight excluding hydrogens is 835 g/mol. The molecule has 12 aromatic carbocycles. The van der Waals surface area contributed by atoms with Crippen LogP contribution in [0.3, 0.4) is 0 Å². The SMILES string of the molecule is c1ccc2c(-c3ccc(N(c4ccc(-c5cccc6ccccc56)cc4)c4ccc5c(ccc6cc(-c7cccc8c9c%10ccccc%10n%10c%11ccccc%11n(c78)c9%10)ccc65)c4)cc3)cccc2c1. The van der Waals surface area contributed by atoms with Crippen LogP contribution in [0.15, 0.2) is 249 Å².